The van der Waals surface area contributed by atoms with Crippen molar-refractivity contribution in [3.8, 4) is 0 Å². The van der Waals surface area contributed by atoms with Gasteiger partial charge in [0, 0.05) is 13.1 Å². The van der Waals surface area contributed by atoms with Gasteiger partial charge in [-0.1, -0.05) is 34.1 Å². The lowest BCUT2D eigenvalue weighted by atomic mass is 9.41. The van der Waals surface area contributed by atoms with Crippen molar-refractivity contribution in [2.75, 3.05) is 19.7 Å². The summed E-state index contributed by atoms with van der Waals surface area (Å²) in [5.41, 5.74) is 0.568. The van der Waals surface area contributed by atoms with E-state index in [1.54, 1.807) is 4.90 Å². The second-order valence-corrected chi connectivity index (χ2v) is 13.5. The van der Waals surface area contributed by atoms with E-state index in [2.05, 4.69) is 27.7 Å². The number of carbonyl (C=O) groups excluding carboxylic acids is 1. The largest absolute Gasteiger partial charge is 0.449 e. The number of ether oxygens (including phenoxy) is 1. The van der Waals surface area contributed by atoms with Crippen LogP contribution in [-0.2, 0) is 4.74 Å². The summed E-state index contributed by atoms with van der Waals surface area (Å²) in [6.45, 7) is 15.6. The van der Waals surface area contributed by atoms with Crippen molar-refractivity contribution in [1.82, 2.24) is 4.90 Å². The summed E-state index contributed by atoms with van der Waals surface area (Å²) in [7, 11) is 0. The Balaban J connectivity index is 1.42. The second-order valence-electron chi connectivity index (χ2n) is 13.5. The smallest absolute Gasteiger partial charge is 0.409 e. The van der Waals surface area contributed by atoms with Gasteiger partial charge in [0.15, 0.2) is 0 Å². The van der Waals surface area contributed by atoms with E-state index < -0.39 is 0 Å². The molecular weight excluding hydrogens is 450 g/mol. The number of rotatable bonds is 8. The van der Waals surface area contributed by atoms with Crippen LogP contribution < -0.4 is 0 Å². The van der Waals surface area contributed by atoms with Gasteiger partial charge < -0.3 is 19.8 Å². The Hall–Kier alpha value is -0.810. The third kappa shape index (κ3) is 4.74. The molecule has 0 radical (unpaired) electrons. The molecule has 11 atom stereocenters. The molecule has 4 rings (SSSR count). The molecule has 0 bridgehead atoms. The van der Waals surface area contributed by atoms with Crippen molar-refractivity contribution in [1.29, 1.82) is 0 Å². The van der Waals surface area contributed by atoms with Crippen LogP contribution in [0.15, 0.2) is 0 Å². The van der Waals surface area contributed by atoms with Gasteiger partial charge in [-0.05, 0) is 124 Å². The summed E-state index contributed by atoms with van der Waals surface area (Å²) in [5.74, 6) is 3.70. The molecule has 2 N–H and O–H groups in total. The standard InChI is InChI=1S/C31H55NO4/c1-7-22-26-19-21(33)14-16-31(26,6)25-15-17-30(5)23(12-13-24(30)27(25)28(22)34)20(4)11-10-18-36-29(35)32(8-2)9-3/h20-28,33-34H,7-19H2,1-6H3/t20-,21-,22-,23?,24+,25+,26?,27+,28-,30-,31-/m1/s1. The number of fused-ring (bicyclic) bond motifs is 5. The maximum Gasteiger partial charge on any atom is 0.409 e. The van der Waals surface area contributed by atoms with Gasteiger partial charge in [0.2, 0.25) is 0 Å². The number of amides is 1. The summed E-state index contributed by atoms with van der Waals surface area (Å²) in [5, 5.41) is 22.4. The van der Waals surface area contributed by atoms with E-state index >= 15 is 0 Å². The first-order valence-electron chi connectivity index (χ1n) is 15.4. The quantitative estimate of drug-likeness (QED) is 0.369. The molecule has 36 heavy (non-hydrogen) atoms. The Morgan fingerprint density at radius 3 is 2.31 bits per heavy atom. The molecule has 4 fully saturated rings. The number of hydrogen-bond donors (Lipinski definition) is 2. The Labute approximate surface area is 220 Å². The number of aliphatic hydroxyl groups excluding tert-OH is 2. The van der Waals surface area contributed by atoms with E-state index in [0.29, 0.717) is 66.5 Å². The predicted octanol–water partition coefficient (Wildman–Crippen LogP) is 6.51. The van der Waals surface area contributed by atoms with Gasteiger partial charge in [0.05, 0.1) is 18.8 Å². The molecule has 5 nitrogen and oxygen atoms in total. The van der Waals surface area contributed by atoms with Crippen molar-refractivity contribution in [2.24, 2.45) is 52.3 Å². The molecule has 0 spiro atoms. The maximum atomic E-state index is 12.2. The highest BCUT2D eigenvalue weighted by Gasteiger charge is 2.64. The van der Waals surface area contributed by atoms with Crippen LogP contribution in [0.4, 0.5) is 4.79 Å². The molecule has 5 heteroatoms. The van der Waals surface area contributed by atoms with Gasteiger partial charge in [0.1, 0.15) is 0 Å². The molecule has 0 heterocycles. The Bertz CT molecular complexity index is 755. The predicted molar refractivity (Wildman–Crippen MR) is 144 cm³/mol. The Morgan fingerprint density at radius 2 is 1.64 bits per heavy atom. The van der Waals surface area contributed by atoms with Crippen LogP contribution in [0.5, 0.6) is 0 Å². The number of hydrogen-bond acceptors (Lipinski definition) is 4. The second kappa shape index (κ2) is 11.1. The minimum atomic E-state index is -0.221. The number of aliphatic hydroxyl groups is 2. The lowest BCUT2D eigenvalue weighted by Gasteiger charge is -2.64. The third-order valence-corrected chi connectivity index (χ3v) is 12.2. The SMILES string of the molecule is CC[C@@H]1C2C[C@H](O)CC[C@]2(C)[C@H]2CC[C@]3(C)C([C@H](C)CCCOC(=O)N(CC)CC)CC[C@H]3[C@@H]2[C@@H]1O. The first-order valence-corrected chi connectivity index (χ1v) is 15.4. The van der Waals surface area contributed by atoms with Crippen LogP contribution in [-0.4, -0.2) is 53.1 Å². The zero-order valence-corrected chi connectivity index (χ0v) is 24.0. The molecule has 0 aromatic carbocycles. The maximum absolute atomic E-state index is 12.2. The first kappa shape index (κ1) is 28.2. The highest BCUT2D eigenvalue weighted by Crippen LogP contribution is 2.69. The molecule has 4 saturated carbocycles. The van der Waals surface area contributed by atoms with Crippen LogP contribution in [0.3, 0.4) is 0 Å². The van der Waals surface area contributed by atoms with Crippen LogP contribution in [0, 0.1) is 52.3 Å². The fourth-order valence-corrected chi connectivity index (χ4v) is 10.3. The Kier molecular flexibility index (Phi) is 8.71. The summed E-state index contributed by atoms with van der Waals surface area (Å²) >= 11 is 0. The van der Waals surface area contributed by atoms with E-state index in [1.807, 2.05) is 13.8 Å². The van der Waals surface area contributed by atoms with Gasteiger partial charge in [0.25, 0.3) is 0 Å². The summed E-state index contributed by atoms with van der Waals surface area (Å²) in [6, 6.07) is 0. The van der Waals surface area contributed by atoms with Crippen molar-refractivity contribution in [3.05, 3.63) is 0 Å². The minimum absolute atomic E-state index is 0.183. The molecule has 0 aliphatic heterocycles. The van der Waals surface area contributed by atoms with Crippen LogP contribution in [0.25, 0.3) is 0 Å². The van der Waals surface area contributed by atoms with Gasteiger partial charge in [-0.25, -0.2) is 4.79 Å². The highest BCUT2D eigenvalue weighted by molar-refractivity contribution is 5.67. The average molecular weight is 506 g/mol. The molecule has 208 valence electrons. The summed E-state index contributed by atoms with van der Waals surface area (Å²) < 4.78 is 5.54. The van der Waals surface area contributed by atoms with Gasteiger partial charge in [-0.15, -0.1) is 0 Å². The molecule has 1 amide bonds. The van der Waals surface area contributed by atoms with Gasteiger partial charge in [-0.2, -0.15) is 0 Å². The fourth-order valence-electron chi connectivity index (χ4n) is 10.3. The van der Waals surface area contributed by atoms with Crippen molar-refractivity contribution in [3.63, 3.8) is 0 Å². The van der Waals surface area contributed by atoms with Crippen LogP contribution in [0.2, 0.25) is 0 Å². The average Bonchev–Trinajstić information content (AvgIpc) is 3.21. The fraction of sp³-hybridized carbons (Fsp3) is 0.968. The van der Waals surface area contributed by atoms with E-state index in [9.17, 15) is 15.0 Å². The lowest BCUT2D eigenvalue weighted by molar-refractivity contribution is -0.203. The molecule has 4 aliphatic rings. The van der Waals surface area contributed by atoms with E-state index in [0.717, 1.165) is 38.5 Å². The van der Waals surface area contributed by atoms with Crippen molar-refractivity contribution < 1.29 is 19.7 Å². The summed E-state index contributed by atoms with van der Waals surface area (Å²) in [6.07, 6.45) is 10.4. The minimum Gasteiger partial charge on any atom is -0.449 e. The molecule has 4 aliphatic carbocycles. The van der Waals surface area contributed by atoms with Gasteiger partial charge in [-0.3, -0.25) is 0 Å². The first-order chi connectivity index (χ1) is 17.1. The van der Waals surface area contributed by atoms with Crippen LogP contribution >= 0.6 is 0 Å². The highest BCUT2D eigenvalue weighted by atomic mass is 16.6. The zero-order valence-electron chi connectivity index (χ0n) is 24.0. The van der Waals surface area contributed by atoms with Gasteiger partial charge >= 0.3 is 6.09 Å². The van der Waals surface area contributed by atoms with E-state index in [4.69, 9.17) is 4.74 Å². The number of nitrogens with zero attached hydrogens (tertiary/aromatic N) is 1. The molecule has 2 unspecified atom stereocenters. The van der Waals surface area contributed by atoms with Crippen molar-refractivity contribution >= 4 is 6.09 Å². The van der Waals surface area contributed by atoms with E-state index in [1.165, 1.54) is 25.7 Å². The zero-order chi connectivity index (χ0) is 26.3. The monoisotopic (exact) mass is 505 g/mol. The lowest BCUT2D eigenvalue weighted by Crippen LogP contribution is -2.62. The summed E-state index contributed by atoms with van der Waals surface area (Å²) in [4.78, 5) is 13.9. The number of carbonyl (C=O) groups is 1. The molecule has 0 saturated heterocycles. The Morgan fingerprint density at radius 1 is 0.972 bits per heavy atom. The molecule has 0 aromatic rings. The van der Waals surface area contributed by atoms with E-state index in [-0.39, 0.29) is 23.7 Å². The third-order valence-electron chi connectivity index (χ3n) is 12.2. The van der Waals surface area contributed by atoms with Crippen LogP contribution in [0.1, 0.15) is 106 Å². The normalized spacial score (nSPS) is 44.8. The van der Waals surface area contributed by atoms with Crippen molar-refractivity contribution in [2.45, 2.75) is 118 Å². The molecule has 0 aromatic heterocycles. The topological polar surface area (TPSA) is 70.0 Å². The molecular formula is C31H55NO4.